The molecule has 3 heteroatoms. The van der Waals surface area contributed by atoms with Crippen molar-refractivity contribution in [3.05, 3.63) is 59.4 Å². The Labute approximate surface area is 114 Å². The number of nitrogens with two attached hydrogens (primary N) is 1. The first-order chi connectivity index (χ1) is 9.09. The monoisotopic (exact) mass is 256 g/mol. The summed E-state index contributed by atoms with van der Waals surface area (Å²) >= 11 is 0. The first kappa shape index (κ1) is 13.6. The van der Waals surface area contributed by atoms with Gasteiger partial charge in [-0.15, -0.1) is 0 Å². The molecule has 0 aliphatic carbocycles. The molecule has 0 amide bonds. The number of pyridine rings is 1. The molecule has 19 heavy (non-hydrogen) atoms. The molecule has 2 atom stereocenters. The summed E-state index contributed by atoms with van der Waals surface area (Å²) in [6.45, 7) is 6.07. The van der Waals surface area contributed by atoms with E-state index in [4.69, 9.17) is 10.5 Å². The predicted molar refractivity (Wildman–Crippen MR) is 77.2 cm³/mol. The summed E-state index contributed by atoms with van der Waals surface area (Å²) in [4.78, 5) is 4.34. The lowest BCUT2D eigenvalue weighted by Gasteiger charge is -2.23. The fourth-order valence-electron chi connectivity index (χ4n) is 1.97. The third-order valence-corrected chi connectivity index (χ3v) is 3.27. The molecule has 2 N–H and O–H groups in total. The second-order valence-electron chi connectivity index (χ2n) is 4.85. The molecule has 0 aliphatic rings. The van der Waals surface area contributed by atoms with Crippen LogP contribution in [-0.2, 0) is 0 Å². The maximum atomic E-state index is 6.09. The number of rotatable bonds is 4. The van der Waals surface area contributed by atoms with Gasteiger partial charge in [0, 0.05) is 12.2 Å². The highest BCUT2D eigenvalue weighted by atomic mass is 16.5. The number of hydrogen-bond donors (Lipinski definition) is 1. The lowest BCUT2D eigenvalue weighted by molar-refractivity contribution is 0.174. The third kappa shape index (κ3) is 3.12. The predicted octanol–water partition coefficient (Wildman–Crippen LogP) is 3.17. The van der Waals surface area contributed by atoms with E-state index in [1.165, 1.54) is 5.56 Å². The van der Waals surface area contributed by atoms with Crippen molar-refractivity contribution in [3.8, 4) is 5.75 Å². The van der Waals surface area contributed by atoms with E-state index in [0.29, 0.717) is 0 Å². The van der Waals surface area contributed by atoms with Crippen LogP contribution in [-0.4, -0.2) is 11.0 Å². The van der Waals surface area contributed by atoms with Crippen molar-refractivity contribution in [2.24, 2.45) is 5.73 Å². The zero-order valence-corrected chi connectivity index (χ0v) is 11.6. The van der Waals surface area contributed by atoms with E-state index in [2.05, 4.69) is 24.9 Å². The number of aromatic nitrogens is 1. The number of benzene rings is 1. The largest absolute Gasteiger partial charge is 0.482 e. The summed E-state index contributed by atoms with van der Waals surface area (Å²) in [5.74, 6) is 0.868. The zero-order valence-electron chi connectivity index (χ0n) is 11.6. The molecule has 0 fully saturated rings. The first-order valence-electron chi connectivity index (χ1n) is 6.49. The minimum absolute atomic E-state index is 0.130. The molecule has 0 saturated heterocycles. The summed E-state index contributed by atoms with van der Waals surface area (Å²) in [6, 6.07) is 11.7. The van der Waals surface area contributed by atoms with Crippen LogP contribution in [0.15, 0.2) is 42.6 Å². The normalized spacial score (nSPS) is 13.9. The zero-order chi connectivity index (χ0) is 13.8. The van der Waals surface area contributed by atoms with Crippen LogP contribution in [0.5, 0.6) is 5.75 Å². The highest BCUT2D eigenvalue weighted by molar-refractivity contribution is 5.38. The number of aryl methyl sites for hydroxylation is 1. The number of nitrogens with zero attached hydrogens (tertiary/aromatic N) is 1. The van der Waals surface area contributed by atoms with Gasteiger partial charge < -0.3 is 10.5 Å². The molecule has 1 heterocycles. The molecular weight excluding hydrogens is 236 g/mol. The fourth-order valence-corrected chi connectivity index (χ4v) is 1.97. The Bertz CT molecular complexity index is 538. The van der Waals surface area contributed by atoms with Crippen molar-refractivity contribution in [2.75, 3.05) is 0 Å². The molecule has 0 aliphatic heterocycles. The Hall–Kier alpha value is -1.87. The molecule has 1 aromatic heterocycles. The number of hydrogen-bond acceptors (Lipinski definition) is 3. The fraction of sp³-hybridized carbons (Fsp3) is 0.312. The maximum Gasteiger partial charge on any atom is 0.155 e. The van der Waals surface area contributed by atoms with Gasteiger partial charge >= 0.3 is 0 Å². The minimum atomic E-state index is -0.235. The minimum Gasteiger partial charge on any atom is -0.482 e. The third-order valence-electron chi connectivity index (χ3n) is 3.27. The van der Waals surface area contributed by atoms with Crippen LogP contribution < -0.4 is 10.5 Å². The molecular formula is C16H20N2O. The summed E-state index contributed by atoms with van der Waals surface area (Å²) in [7, 11) is 0. The summed E-state index contributed by atoms with van der Waals surface area (Å²) < 4.78 is 6.09. The standard InChI is InChI=1S/C16H20N2O/c1-11-7-6-9-15(12(11)2)19-16(13(3)17)14-8-4-5-10-18-14/h4-10,13,16H,17H2,1-3H3. The van der Waals surface area contributed by atoms with Gasteiger partial charge in [0.15, 0.2) is 6.10 Å². The van der Waals surface area contributed by atoms with Gasteiger partial charge in [0.2, 0.25) is 0 Å². The summed E-state index contributed by atoms with van der Waals surface area (Å²) in [5.41, 5.74) is 9.25. The summed E-state index contributed by atoms with van der Waals surface area (Å²) in [5, 5.41) is 0. The Kier molecular flexibility index (Phi) is 4.17. The number of ether oxygens (including phenoxy) is 1. The van der Waals surface area contributed by atoms with Gasteiger partial charge in [-0.1, -0.05) is 18.2 Å². The van der Waals surface area contributed by atoms with Crippen LogP contribution >= 0.6 is 0 Å². The molecule has 2 rings (SSSR count). The van der Waals surface area contributed by atoms with Crippen LogP contribution in [0.3, 0.4) is 0 Å². The van der Waals surface area contributed by atoms with E-state index in [1.54, 1.807) is 6.20 Å². The van der Waals surface area contributed by atoms with Crippen LogP contribution in [0.25, 0.3) is 0 Å². The van der Waals surface area contributed by atoms with Gasteiger partial charge in [-0.25, -0.2) is 0 Å². The lowest BCUT2D eigenvalue weighted by atomic mass is 10.1. The molecule has 1 aromatic carbocycles. The van der Waals surface area contributed by atoms with Crippen molar-refractivity contribution >= 4 is 0 Å². The van der Waals surface area contributed by atoms with Crippen LogP contribution in [0.1, 0.15) is 29.8 Å². The van der Waals surface area contributed by atoms with Gasteiger partial charge in [-0.2, -0.15) is 0 Å². The molecule has 3 nitrogen and oxygen atoms in total. The van der Waals surface area contributed by atoms with Gasteiger partial charge in [0.25, 0.3) is 0 Å². The summed E-state index contributed by atoms with van der Waals surface area (Å²) in [6.07, 6.45) is 1.53. The Morgan fingerprint density at radius 2 is 1.89 bits per heavy atom. The van der Waals surface area contributed by atoms with E-state index in [1.807, 2.05) is 37.3 Å². The van der Waals surface area contributed by atoms with Gasteiger partial charge in [0.1, 0.15) is 5.75 Å². The van der Waals surface area contributed by atoms with Gasteiger partial charge in [0.05, 0.1) is 5.69 Å². The average Bonchev–Trinajstić information content (AvgIpc) is 2.41. The molecule has 2 unspecified atom stereocenters. The van der Waals surface area contributed by atoms with E-state index in [-0.39, 0.29) is 12.1 Å². The average molecular weight is 256 g/mol. The van der Waals surface area contributed by atoms with E-state index in [0.717, 1.165) is 17.0 Å². The molecule has 2 aromatic rings. The highest BCUT2D eigenvalue weighted by Crippen LogP contribution is 2.27. The van der Waals surface area contributed by atoms with Crippen LogP contribution in [0, 0.1) is 13.8 Å². The van der Waals surface area contributed by atoms with Gasteiger partial charge in [-0.3, -0.25) is 4.98 Å². The SMILES string of the molecule is Cc1cccc(OC(c2ccccn2)C(C)N)c1C. The van der Waals surface area contributed by atoms with E-state index in [9.17, 15) is 0 Å². The Balaban J connectivity index is 2.30. The molecule has 0 saturated carbocycles. The molecule has 0 spiro atoms. The van der Waals surface area contributed by atoms with Gasteiger partial charge in [-0.05, 0) is 50.1 Å². The highest BCUT2D eigenvalue weighted by Gasteiger charge is 2.20. The molecule has 0 bridgehead atoms. The van der Waals surface area contributed by atoms with Crippen LogP contribution in [0.4, 0.5) is 0 Å². The van der Waals surface area contributed by atoms with Crippen LogP contribution in [0.2, 0.25) is 0 Å². The van der Waals surface area contributed by atoms with Crippen molar-refractivity contribution in [1.82, 2.24) is 4.98 Å². The van der Waals surface area contributed by atoms with E-state index >= 15 is 0 Å². The van der Waals surface area contributed by atoms with Crippen molar-refractivity contribution in [3.63, 3.8) is 0 Å². The molecule has 100 valence electrons. The van der Waals surface area contributed by atoms with E-state index < -0.39 is 0 Å². The second-order valence-corrected chi connectivity index (χ2v) is 4.85. The first-order valence-corrected chi connectivity index (χ1v) is 6.49. The molecule has 0 radical (unpaired) electrons. The van der Waals surface area contributed by atoms with Crippen molar-refractivity contribution in [2.45, 2.75) is 32.9 Å². The topological polar surface area (TPSA) is 48.1 Å². The van der Waals surface area contributed by atoms with Crippen molar-refractivity contribution < 1.29 is 4.74 Å². The quantitative estimate of drug-likeness (QED) is 0.914. The Morgan fingerprint density at radius 3 is 2.53 bits per heavy atom. The second kappa shape index (κ2) is 5.85. The lowest BCUT2D eigenvalue weighted by Crippen LogP contribution is -2.29. The maximum absolute atomic E-state index is 6.09. The smallest absolute Gasteiger partial charge is 0.155 e. The van der Waals surface area contributed by atoms with Crippen molar-refractivity contribution in [1.29, 1.82) is 0 Å². The Morgan fingerprint density at radius 1 is 1.11 bits per heavy atom.